The third-order valence-corrected chi connectivity index (χ3v) is 4.72. The smallest absolute Gasteiger partial charge is 0.255 e. The van der Waals surface area contributed by atoms with Gasteiger partial charge in [0.25, 0.3) is 5.91 Å². The van der Waals surface area contributed by atoms with E-state index in [0.29, 0.717) is 23.3 Å². The predicted molar refractivity (Wildman–Crippen MR) is 82.3 cm³/mol. The van der Waals surface area contributed by atoms with Crippen molar-refractivity contribution in [1.29, 1.82) is 0 Å². The van der Waals surface area contributed by atoms with Crippen molar-refractivity contribution >= 4 is 11.7 Å². The Morgan fingerprint density at radius 3 is 3.09 bits per heavy atom. The van der Waals surface area contributed by atoms with Gasteiger partial charge in [-0.3, -0.25) is 14.3 Å². The monoisotopic (exact) mass is 313 g/mol. The lowest BCUT2D eigenvalue weighted by Crippen LogP contribution is -2.31. The summed E-state index contributed by atoms with van der Waals surface area (Å²) < 4.78 is 7.23. The van der Waals surface area contributed by atoms with E-state index in [1.165, 1.54) is 6.26 Å². The van der Waals surface area contributed by atoms with Gasteiger partial charge in [-0.2, -0.15) is 5.10 Å². The van der Waals surface area contributed by atoms with Crippen LogP contribution in [0, 0.1) is 0 Å². The van der Waals surface area contributed by atoms with E-state index in [4.69, 9.17) is 4.42 Å². The van der Waals surface area contributed by atoms with Crippen LogP contribution in [-0.4, -0.2) is 21.5 Å². The number of aryl methyl sites for hydroxylation is 3. The lowest BCUT2D eigenvalue weighted by molar-refractivity contribution is 0.0913. The van der Waals surface area contributed by atoms with E-state index in [1.54, 1.807) is 4.68 Å². The number of amides is 1. The summed E-state index contributed by atoms with van der Waals surface area (Å²) >= 11 is 0. The molecule has 2 aliphatic rings. The maximum absolute atomic E-state index is 12.7. The number of aromatic nitrogens is 2. The molecule has 0 aliphatic heterocycles. The van der Waals surface area contributed by atoms with Crippen LogP contribution in [0.5, 0.6) is 0 Å². The number of nitrogens with zero attached hydrogens (tertiary/aromatic N) is 2. The van der Waals surface area contributed by atoms with E-state index >= 15 is 0 Å². The zero-order valence-electron chi connectivity index (χ0n) is 13.1. The van der Waals surface area contributed by atoms with Crippen molar-refractivity contribution in [1.82, 2.24) is 15.1 Å². The van der Waals surface area contributed by atoms with E-state index in [0.717, 1.165) is 43.4 Å². The zero-order chi connectivity index (χ0) is 16.0. The van der Waals surface area contributed by atoms with Gasteiger partial charge in [-0.25, -0.2) is 0 Å². The van der Waals surface area contributed by atoms with Gasteiger partial charge in [0, 0.05) is 31.6 Å². The van der Waals surface area contributed by atoms with Gasteiger partial charge in [-0.05, 0) is 25.7 Å². The Hall–Kier alpha value is -2.37. The van der Waals surface area contributed by atoms with E-state index < -0.39 is 0 Å². The number of fused-ring (bicyclic) bond motifs is 2. The highest BCUT2D eigenvalue weighted by Gasteiger charge is 2.30. The van der Waals surface area contributed by atoms with Gasteiger partial charge >= 0.3 is 0 Å². The second kappa shape index (κ2) is 5.37. The highest BCUT2D eigenvalue weighted by Crippen LogP contribution is 2.30. The molecule has 0 saturated heterocycles. The molecule has 2 aromatic rings. The molecule has 6 heteroatoms. The van der Waals surface area contributed by atoms with Crippen molar-refractivity contribution in [2.45, 2.75) is 44.6 Å². The summed E-state index contributed by atoms with van der Waals surface area (Å²) in [6.07, 6.45) is 8.24. The highest BCUT2D eigenvalue weighted by atomic mass is 16.3. The number of carbonyl (C=O) groups excluding carboxylic acids is 2. The fourth-order valence-corrected chi connectivity index (χ4v) is 3.64. The quantitative estimate of drug-likeness (QED) is 0.923. The maximum Gasteiger partial charge on any atom is 0.255 e. The standard InChI is InChI=1S/C17H19N3O3/c1-20-8-10-12(4-2-5-13(10)19-20)18-17(22)11-9-23-15-7-3-6-14(21)16(11)15/h8-9,12H,2-7H2,1H3,(H,18,22). The minimum atomic E-state index is -0.230. The maximum atomic E-state index is 12.7. The Morgan fingerprint density at radius 1 is 1.35 bits per heavy atom. The third-order valence-electron chi connectivity index (χ3n) is 4.72. The van der Waals surface area contributed by atoms with Gasteiger partial charge in [0.15, 0.2) is 5.78 Å². The average Bonchev–Trinajstić information content (AvgIpc) is 3.11. The fraction of sp³-hybridized carbons (Fsp3) is 0.471. The molecule has 120 valence electrons. The van der Waals surface area contributed by atoms with Crippen molar-refractivity contribution in [3.8, 4) is 0 Å². The van der Waals surface area contributed by atoms with E-state index in [9.17, 15) is 9.59 Å². The lowest BCUT2D eigenvalue weighted by atomic mass is 9.91. The van der Waals surface area contributed by atoms with Crippen LogP contribution in [0.1, 0.15) is 69.5 Å². The van der Waals surface area contributed by atoms with Crippen LogP contribution in [0.2, 0.25) is 0 Å². The molecule has 1 N–H and O–H groups in total. The molecule has 0 spiro atoms. The van der Waals surface area contributed by atoms with Crippen molar-refractivity contribution in [3.63, 3.8) is 0 Å². The number of hydrogen-bond acceptors (Lipinski definition) is 4. The van der Waals surface area contributed by atoms with E-state index in [2.05, 4.69) is 10.4 Å². The number of nitrogens with one attached hydrogen (secondary N) is 1. The number of ketones is 1. The van der Waals surface area contributed by atoms with Gasteiger partial charge in [0.05, 0.1) is 22.9 Å². The van der Waals surface area contributed by atoms with Crippen molar-refractivity contribution in [3.05, 3.63) is 40.6 Å². The van der Waals surface area contributed by atoms with Crippen LogP contribution in [0.25, 0.3) is 0 Å². The summed E-state index contributed by atoms with van der Waals surface area (Å²) in [5, 5.41) is 7.50. The summed E-state index contributed by atoms with van der Waals surface area (Å²) in [5.41, 5.74) is 2.99. The molecule has 2 aromatic heterocycles. The number of carbonyl (C=O) groups is 2. The SMILES string of the molecule is Cn1cc2c(n1)CCCC2NC(=O)c1coc2c1C(=O)CCC2. The molecule has 2 aliphatic carbocycles. The van der Waals surface area contributed by atoms with Crippen molar-refractivity contribution in [2.75, 3.05) is 0 Å². The summed E-state index contributed by atoms with van der Waals surface area (Å²) in [6, 6.07) is -0.0517. The first-order valence-corrected chi connectivity index (χ1v) is 8.10. The van der Waals surface area contributed by atoms with Gasteiger partial charge in [-0.1, -0.05) is 0 Å². The molecule has 0 aromatic carbocycles. The molecule has 0 saturated carbocycles. The van der Waals surface area contributed by atoms with Crippen LogP contribution in [-0.2, 0) is 19.9 Å². The number of Topliss-reactive ketones (excluding diaryl/α,β-unsaturated/α-hetero) is 1. The Balaban J connectivity index is 1.60. The zero-order valence-corrected chi connectivity index (χ0v) is 13.1. The van der Waals surface area contributed by atoms with Crippen LogP contribution in [0.4, 0.5) is 0 Å². The van der Waals surface area contributed by atoms with Gasteiger partial charge in [0.2, 0.25) is 0 Å². The van der Waals surface area contributed by atoms with Crippen LogP contribution >= 0.6 is 0 Å². The molecular weight excluding hydrogens is 294 g/mol. The molecule has 0 bridgehead atoms. The average molecular weight is 313 g/mol. The Bertz CT molecular complexity index is 787. The molecule has 1 amide bonds. The fourth-order valence-electron chi connectivity index (χ4n) is 3.64. The largest absolute Gasteiger partial charge is 0.468 e. The minimum Gasteiger partial charge on any atom is -0.468 e. The molecule has 0 fully saturated rings. The van der Waals surface area contributed by atoms with Gasteiger partial charge in [0.1, 0.15) is 12.0 Å². The second-order valence-corrected chi connectivity index (χ2v) is 6.35. The number of rotatable bonds is 2. The first kappa shape index (κ1) is 14.2. The molecular formula is C17H19N3O3. The normalized spacial score (nSPS) is 20.0. The van der Waals surface area contributed by atoms with Crippen LogP contribution < -0.4 is 5.32 Å². The molecule has 2 heterocycles. The Labute approximate surface area is 133 Å². The van der Waals surface area contributed by atoms with Gasteiger partial charge < -0.3 is 9.73 Å². The summed E-state index contributed by atoms with van der Waals surface area (Å²) in [6.45, 7) is 0. The highest BCUT2D eigenvalue weighted by molar-refractivity contribution is 6.09. The first-order valence-electron chi connectivity index (χ1n) is 8.10. The van der Waals surface area contributed by atoms with E-state index in [-0.39, 0.29) is 17.7 Å². The van der Waals surface area contributed by atoms with E-state index in [1.807, 2.05) is 13.2 Å². The Morgan fingerprint density at radius 2 is 2.22 bits per heavy atom. The molecule has 0 radical (unpaired) electrons. The Kier molecular flexibility index (Phi) is 3.32. The molecule has 4 rings (SSSR count). The van der Waals surface area contributed by atoms with Crippen molar-refractivity contribution in [2.24, 2.45) is 7.05 Å². The summed E-state index contributed by atoms with van der Waals surface area (Å²) in [5.74, 6) is 0.430. The van der Waals surface area contributed by atoms with Gasteiger partial charge in [-0.15, -0.1) is 0 Å². The molecule has 23 heavy (non-hydrogen) atoms. The first-order chi connectivity index (χ1) is 11.1. The van der Waals surface area contributed by atoms with Crippen molar-refractivity contribution < 1.29 is 14.0 Å². The predicted octanol–water partition coefficient (Wildman–Crippen LogP) is 2.34. The second-order valence-electron chi connectivity index (χ2n) is 6.35. The topological polar surface area (TPSA) is 77.1 Å². The van der Waals surface area contributed by atoms with Crippen LogP contribution in [0.15, 0.2) is 16.9 Å². The molecule has 6 nitrogen and oxygen atoms in total. The number of furan rings is 1. The minimum absolute atomic E-state index is 0.0101. The summed E-state index contributed by atoms with van der Waals surface area (Å²) in [4.78, 5) is 24.8. The molecule has 1 atom stereocenters. The molecule has 1 unspecified atom stereocenters. The number of hydrogen-bond donors (Lipinski definition) is 1. The lowest BCUT2D eigenvalue weighted by Gasteiger charge is -2.22. The van der Waals surface area contributed by atoms with Crippen LogP contribution in [0.3, 0.4) is 0 Å². The summed E-state index contributed by atoms with van der Waals surface area (Å²) in [7, 11) is 1.89. The third kappa shape index (κ3) is 2.38.